The van der Waals surface area contributed by atoms with Gasteiger partial charge in [0.2, 0.25) is 5.91 Å². The van der Waals surface area contributed by atoms with Crippen molar-refractivity contribution >= 4 is 34.6 Å². The molecule has 0 atom stereocenters. The predicted molar refractivity (Wildman–Crippen MR) is 106 cm³/mol. The maximum Gasteiger partial charge on any atom is 0.244 e. The van der Waals surface area contributed by atoms with Gasteiger partial charge in [-0.15, -0.1) is 0 Å². The molecule has 0 radical (unpaired) electrons. The Kier molecular flexibility index (Phi) is 6.77. The van der Waals surface area contributed by atoms with Crippen LogP contribution in [0.4, 0.5) is 11.4 Å². The molecule has 0 aliphatic heterocycles. The highest BCUT2D eigenvalue weighted by molar-refractivity contribution is 7.80. The molecular weight excluding hydrogens is 334 g/mol. The quantitative estimate of drug-likeness (QED) is 0.773. The van der Waals surface area contributed by atoms with Gasteiger partial charge in [0.05, 0.1) is 19.3 Å². The topological polar surface area (TPSA) is 53.6 Å². The lowest BCUT2D eigenvalue weighted by molar-refractivity contribution is -0.116. The van der Waals surface area contributed by atoms with Gasteiger partial charge in [-0.2, -0.15) is 0 Å². The Balaban J connectivity index is 1.96. The van der Waals surface area contributed by atoms with Gasteiger partial charge >= 0.3 is 0 Å². The number of aryl methyl sites for hydroxylation is 1. The molecule has 0 saturated heterocycles. The number of nitrogens with one attached hydrogen (secondary N) is 2. The van der Waals surface area contributed by atoms with E-state index in [1.165, 1.54) is 5.56 Å². The predicted octanol–water partition coefficient (Wildman–Crippen LogP) is 3.66. The zero-order valence-electron chi connectivity index (χ0n) is 14.7. The van der Waals surface area contributed by atoms with E-state index in [1.807, 2.05) is 50.2 Å². The number of methoxy groups -OCH3 is 1. The van der Waals surface area contributed by atoms with Gasteiger partial charge in [0.1, 0.15) is 5.75 Å². The van der Waals surface area contributed by atoms with Crippen LogP contribution in [0.2, 0.25) is 0 Å². The number of rotatable bonds is 6. The molecule has 0 bridgehead atoms. The van der Waals surface area contributed by atoms with Crippen molar-refractivity contribution < 1.29 is 9.53 Å². The van der Waals surface area contributed by atoms with Crippen LogP contribution >= 0.6 is 12.2 Å². The Morgan fingerprint density at radius 2 is 1.80 bits per heavy atom. The summed E-state index contributed by atoms with van der Waals surface area (Å²) < 4.78 is 5.25. The first-order valence-corrected chi connectivity index (χ1v) is 8.49. The molecule has 0 aliphatic rings. The highest BCUT2D eigenvalue weighted by Gasteiger charge is 2.14. The molecule has 0 fully saturated rings. The third-order valence-corrected chi connectivity index (χ3v) is 4.05. The van der Waals surface area contributed by atoms with Gasteiger partial charge in [0.15, 0.2) is 5.11 Å². The van der Waals surface area contributed by atoms with E-state index in [0.29, 0.717) is 23.1 Å². The van der Waals surface area contributed by atoms with Crippen molar-refractivity contribution in [3.8, 4) is 5.75 Å². The maximum atomic E-state index is 12.4. The molecule has 2 rings (SSSR count). The Labute approximate surface area is 154 Å². The second-order valence-corrected chi connectivity index (χ2v) is 5.95. The molecule has 0 unspecified atom stereocenters. The minimum Gasteiger partial charge on any atom is -0.495 e. The Morgan fingerprint density at radius 3 is 2.44 bits per heavy atom. The maximum absolute atomic E-state index is 12.4. The van der Waals surface area contributed by atoms with E-state index in [1.54, 1.807) is 24.1 Å². The van der Waals surface area contributed by atoms with Crippen LogP contribution in [-0.4, -0.2) is 36.1 Å². The van der Waals surface area contributed by atoms with E-state index < -0.39 is 0 Å². The number of benzene rings is 2. The first-order valence-electron chi connectivity index (χ1n) is 8.09. The molecule has 0 aliphatic carbocycles. The number of anilines is 2. The summed E-state index contributed by atoms with van der Waals surface area (Å²) in [5.41, 5.74) is 2.72. The molecule has 25 heavy (non-hydrogen) atoms. The summed E-state index contributed by atoms with van der Waals surface area (Å²) >= 11 is 5.43. The Hall–Kier alpha value is -2.60. The average molecular weight is 357 g/mol. The third-order valence-electron chi connectivity index (χ3n) is 3.69. The smallest absolute Gasteiger partial charge is 0.244 e. The minimum absolute atomic E-state index is 0.153. The van der Waals surface area contributed by atoms with Crippen molar-refractivity contribution in [2.45, 2.75) is 13.8 Å². The van der Waals surface area contributed by atoms with Crippen LogP contribution in [0.15, 0.2) is 48.5 Å². The average Bonchev–Trinajstić information content (AvgIpc) is 2.62. The highest BCUT2D eigenvalue weighted by atomic mass is 32.1. The van der Waals surface area contributed by atoms with E-state index >= 15 is 0 Å². The number of thiocarbonyl (C=S) groups is 1. The summed E-state index contributed by atoms with van der Waals surface area (Å²) in [6.07, 6.45) is 0. The lowest BCUT2D eigenvalue weighted by atomic mass is 10.2. The largest absolute Gasteiger partial charge is 0.495 e. The fourth-order valence-electron chi connectivity index (χ4n) is 2.28. The second kappa shape index (κ2) is 9.03. The van der Waals surface area contributed by atoms with Gasteiger partial charge < -0.3 is 20.3 Å². The van der Waals surface area contributed by atoms with Crippen molar-refractivity contribution in [3.63, 3.8) is 0 Å². The second-order valence-electron chi connectivity index (χ2n) is 5.56. The van der Waals surface area contributed by atoms with Crippen LogP contribution in [0.5, 0.6) is 5.75 Å². The number of ether oxygens (including phenoxy) is 1. The molecule has 2 aromatic rings. The zero-order chi connectivity index (χ0) is 18.2. The molecule has 2 aromatic carbocycles. The van der Waals surface area contributed by atoms with Gasteiger partial charge in [-0.3, -0.25) is 4.79 Å². The van der Waals surface area contributed by atoms with E-state index in [9.17, 15) is 4.79 Å². The van der Waals surface area contributed by atoms with Crippen molar-refractivity contribution in [1.29, 1.82) is 0 Å². The number of amides is 1. The van der Waals surface area contributed by atoms with Gasteiger partial charge in [-0.1, -0.05) is 29.8 Å². The lowest BCUT2D eigenvalue weighted by Gasteiger charge is -2.24. The highest BCUT2D eigenvalue weighted by Crippen LogP contribution is 2.22. The molecule has 0 spiro atoms. The number of carbonyl (C=O) groups excluding carboxylic acids is 1. The summed E-state index contributed by atoms with van der Waals surface area (Å²) in [5, 5.41) is 6.54. The van der Waals surface area contributed by atoms with E-state index in [0.717, 1.165) is 5.69 Å². The number of hydrogen-bond acceptors (Lipinski definition) is 3. The van der Waals surface area contributed by atoms with Gasteiger partial charge in [-0.05, 0) is 50.3 Å². The monoisotopic (exact) mass is 357 g/mol. The summed E-state index contributed by atoms with van der Waals surface area (Å²) in [6.45, 7) is 4.77. The standard InChI is InChI=1S/C19H23N3O2S/c1-4-22(19(25)20-15-11-9-14(2)10-12-15)13-18(23)21-16-7-5-6-8-17(16)24-3/h5-12H,4,13H2,1-3H3,(H,20,25)(H,21,23). The SMILES string of the molecule is CCN(CC(=O)Nc1ccccc1OC)C(=S)Nc1ccc(C)cc1. The minimum atomic E-state index is -0.153. The molecule has 2 N–H and O–H groups in total. The van der Waals surface area contributed by atoms with Crippen molar-refractivity contribution in [2.24, 2.45) is 0 Å². The molecule has 132 valence electrons. The van der Waals surface area contributed by atoms with Crippen molar-refractivity contribution in [2.75, 3.05) is 30.8 Å². The number of carbonyl (C=O) groups is 1. The number of likely N-dealkylation sites (N-methyl/N-ethyl adjacent to an activating group) is 1. The zero-order valence-corrected chi connectivity index (χ0v) is 15.5. The van der Waals surface area contributed by atoms with Gasteiger partial charge in [0.25, 0.3) is 0 Å². The van der Waals surface area contributed by atoms with Crippen LogP contribution in [-0.2, 0) is 4.79 Å². The van der Waals surface area contributed by atoms with Crippen LogP contribution < -0.4 is 15.4 Å². The van der Waals surface area contributed by atoms with Gasteiger partial charge in [-0.25, -0.2) is 0 Å². The van der Waals surface area contributed by atoms with E-state index in [-0.39, 0.29) is 12.5 Å². The summed E-state index contributed by atoms with van der Waals surface area (Å²) in [7, 11) is 1.57. The summed E-state index contributed by atoms with van der Waals surface area (Å²) in [4.78, 5) is 14.2. The number of para-hydroxylation sites is 2. The molecule has 1 amide bonds. The fourth-order valence-corrected chi connectivity index (χ4v) is 2.59. The molecule has 6 heteroatoms. The number of nitrogens with zero attached hydrogens (tertiary/aromatic N) is 1. The van der Waals surface area contributed by atoms with Gasteiger partial charge in [0, 0.05) is 12.2 Å². The molecule has 0 aromatic heterocycles. The van der Waals surface area contributed by atoms with Crippen molar-refractivity contribution in [1.82, 2.24) is 4.90 Å². The summed E-state index contributed by atoms with van der Waals surface area (Å²) in [6, 6.07) is 15.2. The number of hydrogen-bond donors (Lipinski definition) is 2. The molecular formula is C19H23N3O2S. The van der Waals surface area contributed by atoms with Crippen LogP contribution in [0.1, 0.15) is 12.5 Å². The van der Waals surface area contributed by atoms with E-state index in [2.05, 4.69) is 10.6 Å². The Morgan fingerprint density at radius 1 is 1.12 bits per heavy atom. The van der Waals surface area contributed by atoms with E-state index in [4.69, 9.17) is 17.0 Å². The van der Waals surface area contributed by atoms with Crippen LogP contribution in [0, 0.1) is 6.92 Å². The van der Waals surface area contributed by atoms with Crippen molar-refractivity contribution in [3.05, 3.63) is 54.1 Å². The molecule has 5 nitrogen and oxygen atoms in total. The van der Waals surface area contributed by atoms with Crippen LogP contribution in [0.25, 0.3) is 0 Å². The lowest BCUT2D eigenvalue weighted by Crippen LogP contribution is -2.40. The first-order chi connectivity index (χ1) is 12.0. The Bertz CT molecular complexity index is 732. The third kappa shape index (κ3) is 5.46. The molecule has 0 saturated carbocycles. The molecule has 0 heterocycles. The normalized spacial score (nSPS) is 10.0. The first kappa shape index (κ1) is 18.7. The summed E-state index contributed by atoms with van der Waals surface area (Å²) in [5.74, 6) is 0.471. The fraction of sp³-hybridized carbons (Fsp3) is 0.263. The van der Waals surface area contributed by atoms with Crippen LogP contribution in [0.3, 0.4) is 0 Å².